The van der Waals surface area contributed by atoms with Crippen LogP contribution < -0.4 is 10.2 Å². The molecule has 0 saturated heterocycles. The van der Waals surface area contributed by atoms with Crippen LogP contribution in [0.3, 0.4) is 0 Å². The highest BCUT2D eigenvalue weighted by atomic mass is 35.5. The van der Waals surface area contributed by atoms with Crippen molar-refractivity contribution in [2.24, 2.45) is 0 Å². The Kier molecular flexibility index (Phi) is 8.04. The molecule has 4 rings (SSSR count). The van der Waals surface area contributed by atoms with Gasteiger partial charge in [-0.05, 0) is 85.6 Å². The molecule has 0 fully saturated rings. The molecule has 6 nitrogen and oxygen atoms in total. The Labute approximate surface area is 223 Å². The maximum atomic E-state index is 13.5. The minimum atomic E-state index is -0.507. The number of halogens is 2. The number of imide groups is 1. The number of esters is 1. The number of carbonyl (C=O) groups is 3. The van der Waals surface area contributed by atoms with E-state index in [2.05, 4.69) is 5.32 Å². The first-order valence-electron chi connectivity index (χ1n) is 11.2. The molecule has 0 unspecified atom stereocenters. The summed E-state index contributed by atoms with van der Waals surface area (Å²) in [7, 11) is 0. The summed E-state index contributed by atoms with van der Waals surface area (Å²) < 4.78 is 5.15. The molecule has 1 aliphatic heterocycles. The summed E-state index contributed by atoms with van der Waals surface area (Å²) in [6.45, 7) is 4.08. The van der Waals surface area contributed by atoms with Gasteiger partial charge in [-0.3, -0.25) is 9.59 Å². The lowest BCUT2D eigenvalue weighted by molar-refractivity contribution is -0.120. The van der Waals surface area contributed by atoms with Crippen molar-refractivity contribution in [1.29, 1.82) is 0 Å². The average molecular weight is 541 g/mol. The number of aryl methyl sites for hydroxylation is 1. The van der Waals surface area contributed by atoms with E-state index < -0.39 is 17.8 Å². The molecule has 1 N–H and O–H groups in total. The first-order valence-corrected chi connectivity index (χ1v) is 12.7. The molecule has 0 spiro atoms. The van der Waals surface area contributed by atoms with Gasteiger partial charge in [-0.1, -0.05) is 41.9 Å². The third kappa shape index (κ3) is 5.59. The first kappa shape index (κ1) is 25.8. The fourth-order valence-corrected chi connectivity index (χ4v) is 4.78. The number of rotatable bonds is 8. The van der Waals surface area contributed by atoms with Crippen LogP contribution in [-0.4, -0.2) is 24.4 Å². The lowest BCUT2D eigenvalue weighted by atomic mass is 10.2. The van der Waals surface area contributed by atoms with Crippen molar-refractivity contribution in [2.75, 3.05) is 16.8 Å². The zero-order valence-electron chi connectivity index (χ0n) is 19.5. The fraction of sp³-hybridized carbons (Fsp3) is 0.148. The van der Waals surface area contributed by atoms with E-state index in [4.69, 9.17) is 27.9 Å². The van der Waals surface area contributed by atoms with Gasteiger partial charge in [0.1, 0.15) is 10.6 Å². The first-order chi connectivity index (χ1) is 17.3. The zero-order valence-corrected chi connectivity index (χ0v) is 21.8. The normalized spacial score (nSPS) is 13.4. The van der Waals surface area contributed by atoms with Gasteiger partial charge < -0.3 is 10.1 Å². The maximum absolute atomic E-state index is 13.5. The van der Waals surface area contributed by atoms with Gasteiger partial charge in [-0.2, -0.15) is 0 Å². The van der Waals surface area contributed by atoms with Crippen molar-refractivity contribution in [2.45, 2.75) is 25.2 Å². The molecule has 0 atom stereocenters. The number of amides is 2. The monoisotopic (exact) mass is 540 g/mol. The second-order valence-corrected chi connectivity index (χ2v) is 9.93. The van der Waals surface area contributed by atoms with Crippen molar-refractivity contribution >= 4 is 64.1 Å². The summed E-state index contributed by atoms with van der Waals surface area (Å²) in [4.78, 5) is 41.3. The largest absolute Gasteiger partial charge is 0.462 e. The van der Waals surface area contributed by atoms with Crippen LogP contribution in [0.1, 0.15) is 29.3 Å². The molecule has 0 bridgehead atoms. The third-order valence-electron chi connectivity index (χ3n) is 5.32. The minimum absolute atomic E-state index is 0.150. The van der Waals surface area contributed by atoms with Crippen molar-refractivity contribution in [1.82, 2.24) is 0 Å². The molecule has 0 aliphatic carbocycles. The SMILES string of the molecule is CCCOC(=O)c1ccc(N2C(=O)C(Nc3ccc(Cl)cc3C)=C(Sc3ccc(Cl)cc3)C2=O)cc1. The van der Waals surface area contributed by atoms with E-state index in [9.17, 15) is 14.4 Å². The molecular weight excluding hydrogens is 519 g/mol. The number of hydrogen-bond donors (Lipinski definition) is 1. The van der Waals surface area contributed by atoms with Crippen LogP contribution in [0.25, 0.3) is 0 Å². The van der Waals surface area contributed by atoms with E-state index in [1.54, 1.807) is 54.6 Å². The molecule has 2 amide bonds. The van der Waals surface area contributed by atoms with Gasteiger partial charge in [0.25, 0.3) is 11.8 Å². The number of thioether (sulfide) groups is 1. The van der Waals surface area contributed by atoms with E-state index in [0.29, 0.717) is 40.0 Å². The summed E-state index contributed by atoms with van der Waals surface area (Å²) in [5.41, 5.74) is 2.30. The van der Waals surface area contributed by atoms with Gasteiger partial charge in [0.15, 0.2) is 0 Å². The quantitative estimate of drug-likeness (QED) is 0.248. The predicted molar refractivity (Wildman–Crippen MR) is 144 cm³/mol. The molecule has 3 aromatic rings. The van der Waals surface area contributed by atoms with E-state index in [1.807, 2.05) is 13.8 Å². The second-order valence-electron chi connectivity index (χ2n) is 7.97. The Morgan fingerprint density at radius 1 is 0.944 bits per heavy atom. The number of hydrogen-bond acceptors (Lipinski definition) is 6. The van der Waals surface area contributed by atoms with Gasteiger partial charge in [0.05, 0.1) is 17.9 Å². The van der Waals surface area contributed by atoms with Crippen LogP contribution >= 0.6 is 35.0 Å². The van der Waals surface area contributed by atoms with Crippen LogP contribution in [-0.2, 0) is 14.3 Å². The van der Waals surface area contributed by atoms with Crippen LogP contribution in [0.15, 0.2) is 82.2 Å². The van der Waals surface area contributed by atoms with Crippen molar-refractivity contribution in [3.8, 4) is 0 Å². The summed E-state index contributed by atoms with van der Waals surface area (Å²) >= 11 is 13.3. The van der Waals surface area contributed by atoms with Crippen molar-refractivity contribution < 1.29 is 19.1 Å². The maximum Gasteiger partial charge on any atom is 0.338 e. The second kappa shape index (κ2) is 11.2. The Morgan fingerprint density at radius 3 is 2.25 bits per heavy atom. The number of nitrogens with one attached hydrogen (secondary N) is 1. The van der Waals surface area contributed by atoms with Gasteiger partial charge in [0, 0.05) is 20.6 Å². The van der Waals surface area contributed by atoms with Gasteiger partial charge in [0.2, 0.25) is 0 Å². The Hall–Kier alpha value is -3.26. The number of nitrogens with zero attached hydrogens (tertiary/aromatic N) is 1. The number of anilines is 2. The summed E-state index contributed by atoms with van der Waals surface area (Å²) in [6.07, 6.45) is 0.712. The number of benzene rings is 3. The zero-order chi connectivity index (χ0) is 25.8. The van der Waals surface area contributed by atoms with Crippen LogP contribution in [0.5, 0.6) is 0 Å². The molecule has 0 aromatic heterocycles. The third-order valence-corrected chi connectivity index (χ3v) is 6.90. The summed E-state index contributed by atoms with van der Waals surface area (Å²) in [6, 6.07) is 18.4. The highest BCUT2D eigenvalue weighted by molar-refractivity contribution is 8.04. The molecule has 1 aliphatic rings. The highest BCUT2D eigenvalue weighted by Gasteiger charge is 2.40. The molecule has 3 aromatic carbocycles. The molecule has 0 radical (unpaired) electrons. The Balaban J connectivity index is 1.68. The minimum Gasteiger partial charge on any atom is -0.462 e. The Morgan fingerprint density at radius 2 is 1.61 bits per heavy atom. The van der Waals surface area contributed by atoms with E-state index in [0.717, 1.165) is 15.4 Å². The van der Waals surface area contributed by atoms with Crippen molar-refractivity contribution in [3.05, 3.63) is 98.5 Å². The molecular formula is C27H22Cl2N2O4S. The number of ether oxygens (including phenoxy) is 1. The van der Waals surface area contributed by atoms with Gasteiger partial charge in [-0.25, -0.2) is 9.69 Å². The molecule has 184 valence electrons. The lowest BCUT2D eigenvalue weighted by Crippen LogP contribution is -2.32. The molecule has 36 heavy (non-hydrogen) atoms. The Bertz CT molecular complexity index is 1360. The smallest absolute Gasteiger partial charge is 0.338 e. The van der Waals surface area contributed by atoms with E-state index >= 15 is 0 Å². The predicted octanol–water partition coefficient (Wildman–Crippen LogP) is 6.86. The summed E-state index contributed by atoms with van der Waals surface area (Å²) in [5, 5.41) is 4.27. The average Bonchev–Trinajstić information content (AvgIpc) is 3.09. The number of carbonyl (C=O) groups excluding carboxylic acids is 3. The van der Waals surface area contributed by atoms with Gasteiger partial charge in [-0.15, -0.1) is 0 Å². The topological polar surface area (TPSA) is 75.7 Å². The highest BCUT2D eigenvalue weighted by Crippen LogP contribution is 2.38. The van der Waals surface area contributed by atoms with E-state index in [1.165, 1.54) is 23.9 Å². The van der Waals surface area contributed by atoms with Gasteiger partial charge >= 0.3 is 5.97 Å². The molecule has 1 heterocycles. The standard InChI is InChI=1S/C27H22Cl2N2O4S/c1-3-14-35-27(34)17-4-9-20(10-5-17)31-25(32)23(30-22-13-8-19(29)15-16(22)2)24(26(31)33)36-21-11-6-18(28)7-12-21/h4-13,15,30H,3,14H2,1-2H3. The fourth-order valence-electron chi connectivity index (χ4n) is 3.50. The lowest BCUT2D eigenvalue weighted by Gasteiger charge is -2.16. The summed E-state index contributed by atoms with van der Waals surface area (Å²) in [5.74, 6) is -1.44. The van der Waals surface area contributed by atoms with Crippen molar-refractivity contribution in [3.63, 3.8) is 0 Å². The molecule has 9 heteroatoms. The van der Waals surface area contributed by atoms with Crippen LogP contribution in [0.4, 0.5) is 11.4 Å². The van der Waals surface area contributed by atoms with Crippen LogP contribution in [0.2, 0.25) is 10.0 Å². The molecule has 0 saturated carbocycles. The van der Waals surface area contributed by atoms with Crippen LogP contribution in [0, 0.1) is 6.92 Å². The van der Waals surface area contributed by atoms with E-state index in [-0.39, 0.29) is 10.6 Å².